The number of hydrogen-bond donors (Lipinski definition) is 0. The van der Waals surface area contributed by atoms with E-state index in [-0.39, 0.29) is 0 Å². The Morgan fingerprint density at radius 1 is 0.960 bits per heavy atom. The maximum Gasteiger partial charge on any atom is 0.128 e. The maximum atomic E-state index is 4.50. The molecule has 1 fully saturated rings. The number of piperazine rings is 1. The number of pyridine rings is 1. The van der Waals surface area contributed by atoms with Crippen LogP contribution in [0.1, 0.15) is 5.56 Å². The van der Waals surface area contributed by atoms with Crippen molar-refractivity contribution in [3.05, 3.63) is 71.1 Å². The summed E-state index contributed by atoms with van der Waals surface area (Å²) in [6.07, 6.45) is 5.63. The Morgan fingerprint density at radius 3 is 2.40 bits per heavy atom. The molecule has 0 spiro atoms. The number of benzene rings is 1. The predicted molar refractivity (Wildman–Crippen MR) is 103 cm³/mol. The SMILES string of the molecule is Brc1ccc(N2CCN(Cc3ccc(-n4cccn4)cc3)CC2)nc1. The molecule has 4 rings (SSSR count). The van der Waals surface area contributed by atoms with E-state index in [4.69, 9.17) is 0 Å². The van der Waals surface area contributed by atoms with Crippen LogP contribution in [0.2, 0.25) is 0 Å². The fourth-order valence-corrected chi connectivity index (χ4v) is 3.36. The monoisotopic (exact) mass is 397 g/mol. The van der Waals surface area contributed by atoms with Crippen molar-refractivity contribution in [2.24, 2.45) is 0 Å². The fourth-order valence-electron chi connectivity index (χ4n) is 3.12. The van der Waals surface area contributed by atoms with E-state index in [1.165, 1.54) is 5.56 Å². The topological polar surface area (TPSA) is 37.2 Å². The van der Waals surface area contributed by atoms with E-state index in [0.717, 1.165) is 48.7 Å². The summed E-state index contributed by atoms with van der Waals surface area (Å²) in [5.41, 5.74) is 2.44. The van der Waals surface area contributed by atoms with Gasteiger partial charge in [-0.1, -0.05) is 12.1 Å². The Balaban J connectivity index is 1.33. The van der Waals surface area contributed by atoms with Gasteiger partial charge in [0.15, 0.2) is 0 Å². The van der Waals surface area contributed by atoms with Gasteiger partial charge in [0.2, 0.25) is 0 Å². The highest BCUT2D eigenvalue weighted by molar-refractivity contribution is 9.10. The molecule has 0 unspecified atom stereocenters. The van der Waals surface area contributed by atoms with Gasteiger partial charge in [0.25, 0.3) is 0 Å². The minimum atomic E-state index is 0.987. The molecule has 1 aliphatic heterocycles. The highest BCUT2D eigenvalue weighted by Gasteiger charge is 2.18. The van der Waals surface area contributed by atoms with Gasteiger partial charge in [0, 0.05) is 55.8 Å². The average molecular weight is 398 g/mol. The van der Waals surface area contributed by atoms with Crippen molar-refractivity contribution in [3.63, 3.8) is 0 Å². The second-order valence-electron chi connectivity index (χ2n) is 6.21. The lowest BCUT2D eigenvalue weighted by atomic mass is 10.2. The first-order chi connectivity index (χ1) is 12.3. The highest BCUT2D eigenvalue weighted by atomic mass is 79.9. The smallest absolute Gasteiger partial charge is 0.128 e. The van der Waals surface area contributed by atoms with E-state index >= 15 is 0 Å². The summed E-state index contributed by atoms with van der Waals surface area (Å²) < 4.78 is 2.90. The van der Waals surface area contributed by atoms with Crippen molar-refractivity contribution >= 4 is 21.7 Å². The first-order valence-corrected chi connectivity index (χ1v) is 9.25. The minimum Gasteiger partial charge on any atom is -0.354 e. The Bertz CT molecular complexity index is 791. The summed E-state index contributed by atoms with van der Waals surface area (Å²) in [6.45, 7) is 5.12. The molecule has 0 amide bonds. The summed E-state index contributed by atoms with van der Waals surface area (Å²) in [6, 6.07) is 14.7. The molecule has 1 aliphatic rings. The minimum absolute atomic E-state index is 0.987. The van der Waals surface area contributed by atoms with Gasteiger partial charge in [-0.15, -0.1) is 0 Å². The Kier molecular flexibility index (Phi) is 4.81. The van der Waals surface area contributed by atoms with Gasteiger partial charge >= 0.3 is 0 Å². The van der Waals surface area contributed by atoms with Crippen molar-refractivity contribution < 1.29 is 0 Å². The van der Waals surface area contributed by atoms with E-state index in [0.29, 0.717) is 0 Å². The van der Waals surface area contributed by atoms with Crippen molar-refractivity contribution in [1.29, 1.82) is 0 Å². The predicted octanol–water partition coefficient (Wildman–Crippen LogP) is 3.35. The Hall–Kier alpha value is -2.18. The van der Waals surface area contributed by atoms with Crippen LogP contribution in [0.5, 0.6) is 0 Å². The number of halogens is 1. The van der Waals surface area contributed by atoms with E-state index in [1.54, 1.807) is 6.20 Å². The molecular formula is C19H20BrN5. The number of anilines is 1. The van der Waals surface area contributed by atoms with E-state index in [1.807, 2.05) is 23.1 Å². The van der Waals surface area contributed by atoms with Crippen LogP contribution in [-0.2, 0) is 6.54 Å². The summed E-state index contributed by atoms with van der Waals surface area (Å²) in [7, 11) is 0. The molecule has 1 aromatic carbocycles. The van der Waals surface area contributed by atoms with Gasteiger partial charge in [0.05, 0.1) is 5.69 Å². The van der Waals surface area contributed by atoms with Crippen LogP contribution in [0.3, 0.4) is 0 Å². The third-order valence-corrected chi connectivity index (χ3v) is 4.99. The number of nitrogens with zero attached hydrogens (tertiary/aromatic N) is 5. The normalized spacial score (nSPS) is 15.5. The van der Waals surface area contributed by atoms with Crippen LogP contribution >= 0.6 is 15.9 Å². The Labute approximate surface area is 156 Å². The second kappa shape index (κ2) is 7.37. The third-order valence-electron chi connectivity index (χ3n) is 4.52. The lowest BCUT2D eigenvalue weighted by Gasteiger charge is -2.35. The van der Waals surface area contributed by atoms with Crippen LogP contribution in [0.15, 0.2) is 65.5 Å². The molecule has 0 saturated carbocycles. The summed E-state index contributed by atoms with van der Waals surface area (Å²) >= 11 is 3.44. The second-order valence-corrected chi connectivity index (χ2v) is 7.13. The molecule has 0 radical (unpaired) electrons. The zero-order valence-electron chi connectivity index (χ0n) is 13.9. The van der Waals surface area contributed by atoms with Crippen LogP contribution in [0, 0.1) is 0 Å². The first-order valence-electron chi connectivity index (χ1n) is 8.46. The van der Waals surface area contributed by atoms with Gasteiger partial charge in [-0.05, 0) is 51.8 Å². The molecule has 0 N–H and O–H groups in total. The zero-order valence-corrected chi connectivity index (χ0v) is 15.5. The fraction of sp³-hybridized carbons (Fsp3) is 0.263. The van der Waals surface area contributed by atoms with Crippen LogP contribution < -0.4 is 4.90 Å². The van der Waals surface area contributed by atoms with Gasteiger partial charge in [-0.25, -0.2) is 9.67 Å². The van der Waals surface area contributed by atoms with Crippen molar-refractivity contribution in [2.75, 3.05) is 31.1 Å². The van der Waals surface area contributed by atoms with Gasteiger partial charge in [0.1, 0.15) is 5.82 Å². The first kappa shape index (κ1) is 16.3. The van der Waals surface area contributed by atoms with Gasteiger partial charge < -0.3 is 4.90 Å². The molecule has 0 atom stereocenters. The van der Waals surface area contributed by atoms with E-state index in [9.17, 15) is 0 Å². The number of hydrogen-bond acceptors (Lipinski definition) is 4. The molecule has 6 heteroatoms. The number of rotatable bonds is 4. The lowest BCUT2D eigenvalue weighted by molar-refractivity contribution is 0.249. The maximum absolute atomic E-state index is 4.50. The molecule has 5 nitrogen and oxygen atoms in total. The van der Waals surface area contributed by atoms with Gasteiger partial charge in [-0.2, -0.15) is 5.10 Å². The summed E-state index contributed by atoms with van der Waals surface area (Å²) in [5.74, 6) is 1.06. The average Bonchev–Trinajstić information content (AvgIpc) is 3.19. The van der Waals surface area contributed by atoms with Gasteiger partial charge in [-0.3, -0.25) is 4.90 Å². The van der Waals surface area contributed by atoms with Crippen LogP contribution in [0.25, 0.3) is 5.69 Å². The zero-order chi connectivity index (χ0) is 17.1. The molecule has 3 heterocycles. The summed E-state index contributed by atoms with van der Waals surface area (Å²) in [5, 5.41) is 4.27. The van der Waals surface area contributed by atoms with E-state index < -0.39 is 0 Å². The third kappa shape index (κ3) is 3.91. The van der Waals surface area contributed by atoms with Crippen molar-refractivity contribution in [2.45, 2.75) is 6.54 Å². The van der Waals surface area contributed by atoms with Crippen molar-refractivity contribution in [3.8, 4) is 5.69 Å². The molecular weight excluding hydrogens is 378 g/mol. The standard InChI is InChI=1S/C19H20BrN5/c20-17-4-7-19(21-14-17)24-12-10-23(11-13-24)15-16-2-5-18(6-3-16)25-9-1-8-22-25/h1-9,14H,10-13,15H2. The largest absolute Gasteiger partial charge is 0.354 e. The molecule has 2 aromatic heterocycles. The highest BCUT2D eigenvalue weighted by Crippen LogP contribution is 2.18. The molecule has 0 bridgehead atoms. The molecule has 128 valence electrons. The molecule has 1 saturated heterocycles. The summed E-state index contributed by atoms with van der Waals surface area (Å²) in [4.78, 5) is 9.35. The molecule has 25 heavy (non-hydrogen) atoms. The quantitative estimate of drug-likeness (QED) is 0.676. The van der Waals surface area contributed by atoms with Crippen LogP contribution in [0.4, 0.5) is 5.82 Å². The Morgan fingerprint density at radius 2 is 1.76 bits per heavy atom. The van der Waals surface area contributed by atoms with Crippen molar-refractivity contribution in [1.82, 2.24) is 19.7 Å². The van der Waals surface area contributed by atoms with E-state index in [2.05, 4.69) is 72.2 Å². The molecule has 3 aromatic rings. The lowest BCUT2D eigenvalue weighted by Crippen LogP contribution is -2.46. The number of aromatic nitrogens is 3. The molecule has 0 aliphatic carbocycles. The van der Waals surface area contributed by atoms with Crippen LogP contribution in [-0.4, -0.2) is 45.8 Å².